The fraction of sp³-hybridized carbons (Fsp3) is 0.216. The molecular formula is C37H30N2O7. The van der Waals surface area contributed by atoms with E-state index in [2.05, 4.69) is 5.32 Å². The van der Waals surface area contributed by atoms with E-state index in [1.165, 1.54) is 17.0 Å². The van der Waals surface area contributed by atoms with Crippen LogP contribution in [0.5, 0.6) is 11.5 Å². The minimum absolute atomic E-state index is 0.117. The number of anilines is 2. The van der Waals surface area contributed by atoms with Gasteiger partial charge in [-0.25, -0.2) is 9.59 Å². The lowest BCUT2D eigenvalue weighted by Gasteiger charge is -2.19. The van der Waals surface area contributed by atoms with Gasteiger partial charge in [0.05, 0.1) is 28.7 Å². The number of ether oxygens (including phenoxy) is 2. The molecule has 1 heterocycles. The van der Waals surface area contributed by atoms with Crippen molar-refractivity contribution in [3.8, 4) is 11.5 Å². The normalized spacial score (nSPS) is 21.2. The predicted octanol–water partition coefficient (Wildman–Crippen LogP) is 6.22. The van der Waals surface area contributed by atoms with Crippen molar-refractivity contribution in [2.24, 2.45) is 23.7 Å². The smallest absolute Gasteiger partial charge is 0.343 e. The van der Waals surface area contributed by atoms with Crippen molar-refractivity contribution in [3.05, 3.63) is 119 Å². The number of rotatable bonds is 7. The maximum atomic E-state index is 13.1. The number of carbonyl (C=O) groups excluding carboxylic acids is 5. The van der Waals surface area contributed by atoms with Crippen LogP contribution >= 0.6 is 0 Å². The molecule has 3 amide bonds. The quantitative estimate of drug-likeness (QED) is 0.149. The van der Waals surface area contributed by atoms with Gasteiger partial charge < -0.3 is 14.8 Å². The SMILES string of the molecule is Cc1ccc(OC(=O)c2cccc(C(=O)Oc3ccc(NC(=O)c4ccc(N5C(=O)C6C7CCC(C7)C6C5=O)cc4)cc3)c2)cc1. The molecule has 0 aromatic heterocycles. The molecule has 46 heavy (non-hydrogen) atoms. The Morgan fingerprint density at radius 2 is 1.20 bits per heavy atom. The summed E-state index contributed by atoms with van der Waals surface area (Å²) >= 11 is 0. The number of hydrogen-bond acceptors (Lipinski definition) is 7. The summed E-state index contributed by atoms with van der Waals surface area (Å²) in [6.45, 7) is 1.93. The fourth-order valence-corrected chi connectivity index (χ4v) is 6.95. The van der Waals surface area contributed by atoms with E-state index in [1.807, 2.05) is 19.1 Å². The van der Waals surface area contributed by atoms with Crippen molar-refractivity contribution >= 4 is 41.0 Å². The van der Waals surface area contributed by atoms with Gasteiger partial charge in [-0.2, -0.15) is 0 Å². The molecule has 4 aromatic carbocycles. The first kappa shape index (κ1) is 29.2. The molecule has 1 aliphatic heterocycles. The molecule has 1 N–H and O–H groups in total. The van der Waals surface area contributed by atoms with E-state index in [0.717, 1.165) is 24.8 Å². The molecule has 3 fully saturated rings. The van der Waals surface area contributed by atoms with Crippen molar-refractivity contribution in [1.29, 1.82) is 0 Å². The summed E-state index contributed by atoms with van der Waals surface area (Å²) in [6, 6.07) is 25.9. The number of esters is 2. The van der Waals surface area contributed by atoms with Crippen LogP contribution in [0.15, 0.2) is 97.1 Å². The Balaban J connectivity index is 0.949. The zero-order valence-corrected chi connectivity index (χ0v) is 25.0. The summed E-state index contributed by atoms with van der Waals surface area (Å²) in [7, 11) is 0. The lowest BCUT2D eigenvalue weighted by molar-refractivity contribution is -0.123. The number of nitrogens with zero attached hydrogens (tertiary/aromatic N) is 1. The highest BCUT2D eigenvalue weighted by Crippen LogP contribution is 2.56. The largest absolute Gasteiger partial charge is 0.423 e. The zero-order valence-electron chi connectivity index (χ0n) is 25.0. The summed E-state index contributed by atoms with van der Waals surface area (Å²) in [5, 5.41) is 2.79. The van der Waals surface area contributed by atoms with Gasteiger partial charge in [0, 0.05) is 11.3 Å². The Morgan fingerprint density at radius 1 is 0.674 bits per heavy atom. The van der Waals surface area contributed by atoms with Crippen LogP contribution < -0.4 is 19.7 Å². The fourth-order valence-electron chi connectivity index (χ4n) is 6.95. The van der Waals surface area contributed by atoms with Crippen LogP contribution in [0.25, 0.3) is 0 Å². The molecular weight excluding hydrogens is 584 g/mol. The number of amides is 3. The number of aryl methyl sites for hydroxylation is 1. The molecule has 3 aliphatic rings. The van der Waals surface area contributed by atoms with E-state index in [1.54, 1.807) is 72.8 Å². The van der Waals surface area contributed by atoms with E-state index in [-0.39, 0.29) is 46.4 Å². The molecule has 0 spiro atoms. The van der Waals surface area contributed by atoms with Crippen LogP contribution in [0.4, 0.5) is 11.4 Å². The van der Waals surface area contributed by atoms with Gasteiger partial charge in [0.15, 0.2) is 0 Å². The highest BCUT2D eigenvalue weighted by atomic mass is 16.5. The number of benzene rings is 4. The molecule has 2 bridgehead atoms. The molecule has 230 valence electrons. The number of hydrogen-bond donors (Lipinski definition) is 1. The second kappa shape index (κ2) is 11.7. The topological polar surface area (TPSA) is 119 Å². The molecule has 2 saturated carbocycles. The number of fused-ring (bicyclic) bond motifs is 5. The van der Waals surface area contributed by atoms with Crippen molar-refractivity contribution in [2.75, 3.05) is 10.2 Å². The number of nitrogens with one attached hydrogen (secondary N) is 1. The zero-order chi connectivity index (χ0) is 31.9. The van der Waals surface area contributed by atoms with Crippen molar-refractivity contribution in [1.82, 2.24) is 0 Å². The van der Waals surface area contributed by atoms with Gasteiger partial charge in [-0.15, -0.1) is 0 Å². The average Bonchev–Trinajstić information content (AvgIpc) is 3.76. The highest BCUT2D eigenvalue weighted by molar-refractivity contribution is 6.22. The summed E-state index contributed by atoms with van der Waals surface area (Å²) in [5.74, 6) is -1.000. The van der Waals surface area contributed by atoms with E-state index in [4.69, 9.17) is 9.47 Å². The van der Waals surface area contributed by atoms with Gasteiger partial charge in [-0.05, 0) is 117 Å². The maximum Gasteiger partial charge on any atom is 0.343 e. The van der Waals surface area contributed by atoms with E-state index < -0.39 is 11.9 Å². The second-order valence-corrected chi connectivity index (χ2v) is 12.1. The molecule has 9 nitrogen and oxygen atoms in total. The monoisotopic (exact) mass is 614 g/mol. The van der Waals surface area contributed by atoms with Crippen LogP contribution in [0.3, 0.4) is 0 Å². The van der Waals surface area contributed by atoms with Crippen molar-refractivity contribution in [2.45, 2.75) is 26.2 Å². The molecule has 2 aliphatic carbocycles. The van der Waals surface area contributed by atoms with Crippen LogP contribution in [0.1, 0.15) is 55.9 Å². The molecule has 4 unspecified atom stereocenters. The Morgan fingerprint density at radius 3 is 1.74 bits per heavy atom. The van der Waals surface area contributed by atoms with Crippen molar-refractivity contribution in [3.63, 3.8) is 0 Å². The summed E-state index contributed by atoms with van der Waals surface area (Å²) in [5.41, 5.74) is 2.73. The lowest BCUT2D eigenvalue weighted by Crippen LogP contribution is -2.32. The third-order valence-electron chi connectivity index (χ3n) is 9.20. The molecule has 1 saturated heterocycles. The number of imide groups is 1. The van der Waals surface area contributed by atoms with Gasteiger partial charge in [0.2, 0.25) is 11.8 Å². The Hall–Kier alpha value is -5.57. The Kier molecular flexibility index (Phi) is 7.44. The third-order valence-corrected chi connectivity index (χ3v) is 9.20. The maximum absolute atomic E-state index is 13.1. The summed E-state index contributed by atoms with van der Waals surface area (Å²) < 4.78 is 10.9. The first-order valence-corrected chi connectivity index (χ1v) is 15.3. The van der Waals surface area contributed by atoms with E-state index in [9.17, 15) is 24.0 Å². The van der Waals surface area contributed by atoms with Gasteiger partial charge in [0.1, 0.15) is 11.5 Å². The molecule has 0 radical (unpaired) electrons. The van der Waals surface area contributed by atoms with E-state index in [0.29, 0.717) is 34.5 Å². The van der Waals surface area contributed by atoms with Crippen LogP contribution in [0, 0.1) is 30.6 Å². The standard InChI is InChI=1S/C37H30N2O7/c1-21-5-15-29(16-6-21)45-36(43)25-3-2-4-26(20-25)37(44)46-30-17-11-27(12-18-30)38-33(40)22-9-13-28(14-10-22)39-34(41)31-23-7-8-24(19-23)32(31)35(39)42/h2-6,9-18,20,23-24,31-32H,7-8,19H2,1H3,(H,38,40). The van der Waals surface area contributed by atoms with Crippen LogP contribution in [-0.2, 0) is 9.59 Å². The van der Waals surface area contributed by atoms with Crippen LogP contribution in [0.2, 0.25) is 0 Å². The average molecular weight is 615 g/mol. The Labute approximate surface area is 265 Å². The Bertz CT molecular complexity index is 1840. The van der Waals surface area contributed by atoms with Crippen molar-refractivity contribution < 1.29 is 33.4 Å². The minimum Gasteiger partial charge on any atom is -0.423 e. The van der Waals surface area contributed by atoms with E-state index >= 15 is 0 Å². The molecule has 7 rings (SSSR count). The third kappa shape index (κ3) is 5.45. The van der Waals surface area contributed by atoms with Gasteiger partial charge in [-0.3, -0.25) is 19.3 Å². The highest BCUT2D eigenvalue weighted by Gasteiger charge is 2.61. The summed E-state index contributed by atoms with van der Waals surface area (Å²) in [6.07, 6.45) is 3.01. The van der Waals surface area contributed by atoms with Gasteiger partial charge in [0.25, 0.3) is 5.91 Å². The predicted molar refractivity (Wildman–Crippen MR) is 169 cm³/mol. The molecule has 9 heteroatoms. The van der Waals surface area contributed by atoms with Crippen LogP contribution in [-0.4, -0.2) is 29.7 Å². The number of carbonyl (C=O) groups is 5. The first-order valence-electron chi connectivity index (χ1n) is 15.3. The molecule has 4 atom stereocenters. The summed E-state index contributed by atoms with van der Waals surface area (Å²) in [4.78, 5) is 65.8. The first-order chi connectivity index (χ1) is 22.2. The lowest BCUT2D eigenvalue weighted by atomic mass is 9.81. The molecule has 4 aromatic rings. The van der Waals surface area contributed by atoms with Gasteiger partial charge >= 0.3 is 11.9 Å². The second-order valence-electron chi connectivity index (χ2n) is 12.1. The minimum atomic E-state index is -0.659. The van der Waals surface area contributed by atoms with Gasteiger partial charge in [-0.1, -0.05) is 23.8 Å².